The second kappa shape index (κ2) is 2.82. The summed E-state index contributed by atoms with van der Waals surface area (Å²) in [5, 5.41) is 0. The van der Waals surface area contributed by atoms with E-state index in [9.17, 15) is 0 Å². The van der Waals surface area contributed by atoms with Gasteiger partial charge in [0.1, 0.15) is 5.82 Å². The van der Waals surface area contributed by atoms with Crippen molar-refractivity contribution >= 4 is 5.52 Å². The Kier molecular flexibility index (Phi) is 1.61. The maximum Gasteiger partial charge on any atom is 0.127 e. The minimum atomic E-state index is 0.518. The molecule has 2 heterocycles. The predicted molar refractivity (Wildman–Crippen MR) is 55.1 cm³/mol. The van der Waals surface area contributed by atoms with Gasteiger partial charge in [-0.15, -0.1) is 0 Å². The zero-order valence-corrected chi connectivity index (χ0v) is 8.03. The van der Waals surface area contributed by atoms with Crippen LogP contribution in [0.2, 0.25) is 0 Å². The van der Waals surface area contributed by atoms with Crippen LogP contribution in [-0.4, -0.2) is 9.38 Å². The monoisotopic (exact) mass is 187 g/mol. The third-order valence-corrected chi connectivity index (χ3v) is 3.00. The highest BCUT2D eigenvalue weighted by atomic mass is 15.0. The van der Waals surface area contributed by atoms with Crippen LogP contribution in [0.15, 0.2) is 18.3 Å². The molecule has 0 radical (unpaired) electrons. The molecule has 0 unspecified atom stereocenters. The van der Waals surface area contributed by atoms with Crippen molar-refractivity contribution in [1.82, 2.24) is 9.38 Å². The van der Waals surface area contributed by atoms with Crippen LogP contribution < -0.4 is 5.73 Å². The van der Waals surface area contributed by atoms with E-state index in [1.165, 1.54) is 29.6 Å². The Morgan fingerprint density at radius 2 is 2.29 bits per heavy atom. The van der Waals surface area contributed by atoms with Gasteiger partial charge in [-0.3, -0.25) is 4.40 Å². The molecule has 0 saturated carbocycles. The lowest BCUT2D eigenvalue weighted by molar-refractivity contribution is 0.843. The SMILES string of the molecule is NCc1ncc2ccc3c(n12)CCC3. The van der Waals surface area contributed by atoms with Crippen LogP contribution in [0.25, 0.3) is 5.52 Å². The Morgan fingerprint density at radius 1 is 1.36 bits per heavy atom. The van der Waals surface area contributed by atoms with Gasteiger partial charge in [-0.1, -0.05) is 6.07 Å². The topological polar surface area (TPSA) is 43.3 Å². The molecule has 0 bridgehead atoms. The molecule has 2 aromatic rings. The Hall–Kier alpha value is -1.35. The summed E-state index contributed by atoms with van der Waals surface area (Å²) in [5.74, 6) is 0.985. The second-order valence-electron chi connectivity index (χ2n) is 3.80. The van der Waals surface area contributed by atoms with E-state index in [-0.39, 0.29) is 0 Å². The first kappa shape index (κ1) is 8.00. The lowest BCUT2D eigenvalue weighted by atomic mass is 10.2. The van der Waals surface area contributed by atoms with Crippen molar-refractivity contribution < 1.29 is 0 Å². The Labute approximate surface area is 82.6 Å². The average molecular weight is 187 g/mol. The molecule has 14 heavy (non-hydrogen) atoms. The molecule has 3 nitrogen and oxygen atoms in total. The van der Waals surface area contributed by atoms with Gasteiger partial charge >= 0.3 is 0 Å². The normalized spacial score (nSPS) is 14.9. The van der Waals surface area contributed by atoms with Crippen LogP contribution in [0.4, 0.5) is 0 Å². The van der Waals surface area contributed by atoms with Gasteiger partial charge in [-0.2, -0.15) is 0 Å². The average Bonchev–Trinajstić information content (AvgIpc) is 2.82. The van der Waals surface area contributed by atoms with Crippen molar-refractivity contribution in [2.24, 2.45) is 5.73 Å². The van der Waals surface area contributed by atoms with E-state index in [1.54, 1.807) is 0 Å². The van der Waals surface area contributed by atoms with Crippen LogP contribution in [-0.2, 0) is 19.4 Å². The third kappa shape index (κ3) is 0.930. The van der Waals surface area contributed by atoms with Gasteiger partial charge in [-0.05, 0) is 30.9 Å². The quantitative estimate of drug-likeness (QED) is 0.730. The largest absolute Gasteiger partial charge is 0.324 e. The van der Waals surface area contributed by atoms with Crippen molar-refractivity contribution in [2.75, 3.05) is 0 Å². The van der Waals surface area contributed by atoms with Gasteiger partial charge in [0.15, 0.2) is 0 Å². The van der Waals surface area contributed by atoms with E-state index < -0.39 is 0 Å². The predicted octanol–water partition coefficient (Wildman–Crippen LogP) is 1.28. The van der Waals surface area contributed by atoms with Crippen molar-refractivity contribution in [3.8, 4) is 0 Å². The van der Waals surface area contributed by atoms with Gasteiger partial charge in [0, 0.05) is 5.69 Å². The van der Waals surface area contributed by atoms with Crippen LogP contribution in [0.3, 0.4) is 0 Å². The number of aryl methyl sites for hydroxylation is 2. The molecule has 0 aromatic carbocycles. The van der Waals surface area contributed by atoms with Gasteiger partial charge < -0.3 is 5.73 Å². The lowest BCUT2D eigenvalue weighted by Crippen LogP contribution is -2.06. The number of nitrogens with zero attached hydrogens (tertiary/aromatic N) is 2. The summed E-state index contributed by atoms with van der Waals surface area (Å²) >= 11 is 0. The molecule has 0 spiro atoms. The molecule has 3 rings (SSSR count). The molecule has 3 heteroatoms. The van der Waals surface area contributed by atoms with Crippen molar-refractivity contribution in [1.29, 1.82) is 0 Å². The fraction of sp³-hybridized carbons (Fsp3) is 0.364. The van der Waals surface area contributed by atoms with Crippen LogP contribution in [0.1, 0.15) is 23.5 Å². The first-order valence-electron chi connectivity index (χ1n) is 5.07. The molecule has 2 aromatic heterocycles. The molecular weight excluding hydrogens is 174 g/mol. The van der Waals surface area contributed by atoms with Crippen molar-refractivity contribution in [2.45, 2.75) is 25.8 Å². The number of fused-ring (bicyclic) bond motifs is 3. The minimum Gasteiger partial charge on any atom is -0.324 e. The van der Waals surface area contributed by atoms with E-state index in [2.05, 4.69) is 21.5 Å². The van der Waals surface area contributed by atoms with Crippen LogP contribution in [0, 0.1) is 0 Å². The Balaban J connectivity index is 2.39. The minimum absolute atomic E-state index is 0.518. The zero-order chi connectivity index (χ0) is 9.54. The molecule has 0 atom stereocenters. The van der Waals surface area contributed by atoms with Crippen LogP contribution in [0.5, 0.6) is 0 Å². The molecule has 1 aliphatic carbocycles. The third-order valence-electron chi connectivity index (χ3n) is 3.00. The van der Waals surface area contributed by atoms with E-state index >= 15 is 0 Å². The summed E-state index contributed by atoms with van der Waals surface area (Å²) in [6, 6.07) is 4.36. The smallest absolute Gasteiger partial charge is 0.127 e. The maximum atomic E-state index is 5.67. The fourth-order valence-electron chi connectivity index (χ4n) is 2.35. The molecule has 1 aliphatic rings. The van der Waals surface area contributed by atoms with E-state index in [0.717, 1.165) is 12.2 Å². The summed E-state index contributed by atoms with van der Waals surface area (Å²) < 4.78 is 2.22. The molecule has 0 saturated heterocycles. The summed E-state index contributed by atoms with van der Waals surface area (Å²) in [6.07, 6.45) is 5.53. The standard InChI is InChI=1S/C11H13N3/c12-6-11-13-7-9-5-4-8-2-1-3-10(8)14(9)11/h4-5,7H,1-3,6,12H2. The number of aromatic nitrogens is 2. The highest BCUT2D eigenvalue weighted by Crippen LogP contribution is 2.24. The number of nitrogens with two attached hydrogens (primary N) is 1. The van der Waals surface area contributed by atoms with E-state index in [0.29, 0.717) is 6.54 Å². The summed E-state index contributed by atoms with van der Waals surface area (Å²) in [4.78, 5) is 4.33. The van der Waals surface area contributed by atoms with Crippen LogP contribution >= 0.6 is 0 Å². The van der Waals surface area contributed by atoms with Gasteiger partial charge in [-0.25, -0.2) is 4.98 Å². The summed E-state index contributed by atoms with van der Waals surface area (Å²) in [7, 11) is 0. The Bertz CT molecular complexity index is 484. The number of rotatable bonds is 1. The van der Waals surface area contributed by atoms with Gasteiger partial charge in [0.05, 0.1) is 18.3 Å². The molecule has 72 valence electrons. The van der Waals surface area contributed by atoms with E-state index in [1.807, 2.05) is 6.20 Å². The first-order chi connectivity index (χ1) is 6.90. The summed E-state index contributed by atoms with van der Waals surface area (Å²) in [5.41, 5.74) is 9.72. The lowest BCUT2D eigenvalue weighted by Gasteiger charge is -2.06. The maximum absolute atomic E-state index is 5.67. The Morgan fingerprint density at radius 3 is 3.14 bits per heavy atom. The van der Waals surface area contributed by atoms with Crippen molar-refractivity contribution in [3.05, 3.63) is 35.4 Å². The van der Waals surface area contributed by atoms with Gasteiger partial charge in [0.2, 0.25) is 0 Å². The van der Waals surface area contributed by atoms with E-state index in [4.69, 9.17) is 5.73 Å². The molecule has 2 N–H and O–H groups in total. The second-order valence-corrected chi connectivity index (χ2v) is 3.80. The zero-order valence-electron chi connectivity index (χ0n) is 8.03. The number of hydrogen-bond donors (Lipinski definition) is 1. The molecule has 0 fully saturated rings. The fourth-order valence-corrected chi connectivity index (χ4v) is 2.35. The van der Waals surface area contributed by atoms with Crippen molar-refractivity contribution in [3.63, 3.8) is 0 Å². The number of imidazole rings is 1. The molecule has 0 amide bonds. The number of hydrogen-bond acceptors (Lipinski definition) is 2. The highest BCUT2D eigenvalue weighted by molar-refractivity contribution is 5.50. The summed E-state index contributed by atoms with van der Waals surface area (Å²) in [6.45, 7) is 0.518. The van der Waals surface area contributed by atoms with Gasteiger partial charge in [0.25, 0.3) is 0 Å². The molecular formula is C11H13N3. The highest BCUT2D eigenvalue weighted by Gasteiger charge is 2.15. The molecule has 0 aliphatic heterocycles. The first-order valence-corrected chi connectivity index (χ1v) is 5.07. The number of pyridine rings is 1.